The van der Waals surface area contributed by atoms with Gasteiger partial charge in [0.1, 0.15) is 0 Å². The Morgan fingerprint density at radius 3 is 1.92 bits per heavy atom. The van der Waals surface area contributed by atoms with Crippen molar-refractivity contribution in [3.63, 3.8) is 0 Å². The van der Waals surface area contributed by atoms with Crippen LogP contribution in [-0.2, 0) is 30.4 Å². The monoisotopic (exact) mass is 519 g/mol. The summed E-state index contributed by atoms with van der Waals surface area (Å²) >= 11 is 0. The zero-order chi connectivity index (χ0) is 27.8. The van der Waals surface area contributed by atoms with Crippen LogP contribution in [0, 0.1) is 5.92 Å². The molecule has 1 aromatic carbocycles. The molecular formula is C26H41N5O6. The number of carbonyl (C=O) groups excluding carboxylic acids is 5. The maximum atomic E-state index is 13.8. The molecule has 4 atom stereocenters. The van der Waals surface area contributed by atoms with Gasteiger partial charge in [-0.2, -0.15) is 0 Å². The van der Waals surface area contributed by atoms with Crippen molar-refractivity contribution >= 4 is 29.2 Å². The summed E-state index contributed by atoms with van der Waals surface area (Å²) in [5.74, 6) is -5.92. The van der Waals surface area contributed by atoms with Crippen LogP contribution in [-0.4, -0.2) is 69.4 Å². The minimum atomic E-state index is -2.99. The third kappa shape index (κ3) is 7.94. The van der Waals surface area contributed by atoms with E-state index in [1.807, 2.05) is 0 Å². The molecule has 2 amide bonds. The van der Waals surface area contributed by atoms with Crippen LogP contribution in [0.5, 0.6) is 0 Å². The molecule has 11 heteroatoms. The maximum absolute atomic E-state index is 13.8. The standard InChI is InChI=1S/C26H38N4O6.H3N/c1-15(2)11-19(28)24(35)30(25(36)20(29)13-18-9-7-6-8-10-18)26(22(33)14-27,23(34)16(3)4)21(32)12-17(5)31;/h6-10,15,17,19-20,31H,3,11-14,27-29H2,1-2,4-5H3;1H3. The fourth-order valence-electron chi connectivity index (χ4n) is 3.97. The van der Waals surface area contributed by atoms with Gasteiger partial charge < -0.3 is 28.5 Å². The van der Waals surface area contributed by atoms with Gasteiger partial charge >= 0.3 is 0 Å². The van der Waals surface area contributed by atoms with E-state index >= 15 is 0 Å². The highest BCUT2D eigenvalue weighted by Crippen LogP contribution is 2.28. The van der Waals surface area contributed by atoms with Crippen LogP contribution in [0.2, 0.25) is 0 Å². The fourth-order valence-corrected chi connectivity index (χ4v) is 3.97. The zero-order valence-electron chi connectivity index (χ0n) is 22.1. The van der Waals surface area contributed by atoms with Crippen LogP contribution < -0.4 is 23.4 Å². The van der Waals surface area contributed by atoms with Crippen LogP contribution in [0.15, 0.2) is 42.5 Å². The molecular weight excluding hydrogens is 478 g/mol. The van der Waals surface area contributed by atoms with Crippen molar-refractivity contribution in [2.45, 2.75) is 70.7 Å². The second-order valence-corrected chi connectivity index (χ2v) is 9.47. The molecule has 0 fully saturated rings. The molecule has 4 unspecified atom stereocenters. The molecule has 0 aliphatic heterocycles. The molecule has 0 bridgehead atoms. The molecule has 11 nitrogen and oxygen atoms in total. The van der Waals surface area contributed by atoms with Crippen molar-refractivity contribution in [2.24, 2.45) is 23.1 Å². The number of rotatable bonds is 14. The fraction of sp³-hybridized carbons (Fsp3) is 0.500. The van der Waals surface area contributed by atoms with Crippen molar-refractivity contribution in [2.75, 3.05) is 6.54 Å². The Bertz CT molecular complexity index is 994. The average Bonchev–Trinajstić information content (AvgIpc) is 2.80. The van der Waals surface area contributed by atoms with Crippen LogP contribution in [0.25, 0.3) is 0 Å². The number of nitrogens with two attached hydrogens (primary N) is 3. The van der Waals surface area contributed by atoms with Gasteiger partial charge in [0.2, 0.25) is 17.4 Å². The Morgan fingerprint density at radius 2 is 1.49 bits per heavy atom. The third-order valence-corrected chi connectivity index (χ3v) is 5.62. The molecule has 0 aliphatic rings. The van der Waals surface area contributed by atoms with E-state index in [0.29, 0.717) is 10.5 Å². The minimum absolute atomic E-state index is 0. The molecule has 1 rings (SSSR count). The summed E-state index contributed by atoms with van der Waals surface area (Å²) in [6.45, 7) is 8.76. The Hall–Kier alpha value is -3.09. The van der Waals surface area contributed by atoms with Gasteiger partial charge in [0.15, 0.2) is 17.3 Å². The lowest BCUT2D eigenvalue weighted by atomic mass is 9.77. The first-order valence-corrected chi connectivity index (χ1v) is 11.8. The highest BCUT2D eigenvalue weighted by atomic mass is 16.3. The normalized spacial score (nSPS) is 14.9. The summed E-state index contributed by atoms with van der Waals surface area (Å²) in [5, 5.41) is 9.92. The van der Waals surface area contributed by atoms with E-state index < -0.39 is 65.9 Å². The summed E-state index contributed by atoms with van der Waals surface area (Å²) in [6, 6.07) is 5.90. The van der Waals surface area contributed by atoms with Gasteiger partial charge in [-0.1, -0.05) is 50.8 Å². The molecule has 0 aliphatic carbocycles. The van der Waals surface area contributed by atoms with Crippen LogP contribution >= 0.6 is 0 Å². The van der Waals surface area contributed by atoms with Gasteiger partial charge in [0.25, 0.3) is 0 Å². The van der Waals surface area contributed by atoms with Crippen molar-refractivity contribution in [3.05, 3.63) is 48.0 Å². The lowest BCUT2D eigenvalue weighted by Crippen LogP contribution is -2.73. The summed E-state index contributed by atoms with van der Waals surface area (Å²) in [5.41, 5.74) is 15.3. The largest absolute Gasteiger partial charge is 0.393 e. The first kappa shape index (κ1) is 33.9. The van der Waals surface area contributed by atoms with E-state index in [-0.39, 0.29) is 30.5 Å². The number of hydrogen-bond acceptors (Lipinski definition) is 10. The second-order valence-electron chi connectivity index (χ2n) is 9.47. The topological polar surface area (TPSA) is 222 Å². The lowest BCUT2D eigenvalue weighted by Gasteiger charge is -2.41. The van der Waals surface area contributed by atoms with E-state index in [1.165, 1.54) is 13.8 Å². The summed E-state index contributed by atoms with van der Waals surface area (Å²) in [7, 11) is 0. The van der Waals surface area contributed by atoms with Crippen LogP contribution in [0.4, 0.5) is 0 Å². The predicted octanol–water partition coefficient (Wildman–Crippen LogP) is 0.199. The predicted molar refractivity (Wildman–Crippen MR) is 140 cm³/mol. The van der Waals surface area contributed by atoms with E-state index in [9.17, 15) is 29.1 Å². The molecule has 0 saturated heterocycles. The quantitative estimate of drug-likeness (QED) is 0.166. The summed E-state index contributed by atoms with van der Waals surface area (Å²) in [4.78, 5) is 68.3. The Labute approximate surface area is 218 Å². The maximum Gasteiger partial charge on any atom is 0.248 e. The number of hydrogen-bond donors (Lipinski definition) is 5. The second kappa shape index (κ2) is 14.6. The molecule has 0 radical (unpaired) electrons. The van der Waals surface area contributed by atoms with Crippen molar-refractivity contribution in [1.82, 2.24) is 11.1 Å². The van der Waals surface area contributed by atoms with Crippen molar-refractivity contribution in [3.8, 4) is 0 Å². The molecule has 0 spiro atoms. The average molecular weight is 520 g/mol. The smallest absolute Gasteiger partial charge is 0.248 e. The zero-order valence-corrected chi connectivity index (χ0v) is 22.1. The highest BCUT2D eigenvalue weighted by Gasteiger charge is 2.60. The number of aliphatic hydroxyl groups excluding tert-OH is 1. The van der Waals surface area contributed by atoms with E-state index in [4.69, 9.17) is 17.2 Å². The number of imide groups is 1. The van der Waals surface area contributed by atoms with Gasteiger partial charge in [-0.05, 0) is 43.7 Å². The van der Waals surface area contributed by atoms with Gasteiger partial charge in [-0.25, -0.2) is 0 Å². The molecule has 0 heterocycles. The van der Waals surface area contributed by atoms with Crippen LogP contribution in [0.1, 0.15) is 46.1 Å². The molecule has 1 aromatic rings. The Balaban J connectivity index is 0.0000130. The number of nitrogens with zero attached hydrogens (tertiary/aromatic N) is 1. The van der Waals surface area contributed by atoms with E-state index in [1.54, 1.807) is 44.2 Å². The molecule has 10 N–H and O–H groups in total. The first-order chi connectivity index (χ1) is 16.7. The summed E-state index contributed by atoms with van der Waals surface area (Å²) < 4.78 is 0. The number of Topliss-reactive ketones (excluding diaryl/α,β-unsaturated/α-hetero) is 3. The van der Waals surface area contributed by atoms with Gasteiger partial charge in [-0.15, -0.1) is 0 Å². The third-order valence-electron chi connectivity index (χ3n) is 5.62. The van der Waals surface area contributed by atoms with E-state index in [2.05, 4.69) is 6.58 Å². The molecule has 37 heavy (non-hydrogen) atoms. The number of aliphatic hydroxyl groups is 1. The van der Waals surface area contributed by atoms with Crippen molar-refractivity contribution < 1.29 is 29.1 Å². The van der Waals surface area contributed by atoms with Crippen molar-refractivity contribution in [1.29, 1.82) is 0 Å². The minimum Gasteiger partial charge on any atom is -0.393 e. The Kier molecular flexibility index (Phi) is 13.4. The number of carbonyl (C=O) groups is 5. The summed E-state index contributed by atoms with van der Waals surface area (Å²) in [6.07, 6.45) is -1.97. The lowest BCUT2D eigenvalue weighted by molar-refractivity contribution is -0.168. The number of ketones is 3. The number of amides is 2. The number of benzene rings is 1. The molecule has 0 saturated carbocycles. The van der Waals surface area contributed by atoms with E-state index in [0.717, 1.165) is 0 Å². The first-order valence-electron chi connectivity index (χ1n) is 11.8. The SMILES string of the molecule is C=C(C)C(=O)C(C(=O)CN)(C(=O)CC(C)O)N(C(=O)C(N)Cc1ccccc1)C(=O)C(N)CC(C)C.N. The van der Waals surface area contributed by atoms with Gasteiger partial charge in [0.05, 0.1) is 24.7 Å². The van der Waals surface area contributed by atoms with Gasteiger partial charge in [-0.3, -0.25) is 28.9 Å². The molecule has 206 valence electrons. The Morgan fingerprint density at radius 1 is 0.973 bits per heavy atom. The van der Waals surface area contributed by atoms with Gasteiger partial charge in [0, 0.05) is 6.42 Å². The van der Waals surface area contributed by atoms with Crippen LogP contribution in [0.3, 0.4) is 0 Å². The molecule has 0 aromatic heterocycles. The highest BCUT2D eigenvalue weighted by molar-refractivity contribution is 6.36.